The highest BCUT2D eigenvalue weighted by molar-refractivity contribution is 5.96. The normalized spacial score (nSPS) is 17.2. The van der Waals surface area contributed by atoms with Crippen molar-refractivity contribution in [3.05, 3.63) is 23.8 Å². The number of amides is 2. The molecule has 1 aliphatic rings. The van der Waals surface area contributed by atoms with Gasteiger partial charge in [-0.15, -0.1) is 0 Å². The minimum atomic E-state index is -0.0915. The van der Waals surface area contributed by atoms with Crippen molar-refractivity contribution < 1.29 is 14.3 Å². The van der Waals surface area contributed by atoms with E-state index in [9.17, 15) is 9.59 Å². The SMILES string of the molecule is COc1ccc2c(c1)C(NC(=O)C(C)C)CCN2C(=O)C(C)C. The zero-order chi connectivity index (χ0) is 17.1. The minimum Gasteiger partial charge on any atom is -0.497 e. The van der Waals surface area contributed by atoms with E-state index in [0.717, 1.165) is 17.0 Å². The molecule has 0 fully saturated rings. The standard InChI is InChI=1S/C18H26N2O3/c1-11(2)17(21)19-15-8-9-20(18(22)12(3)4)16-7-6-13(23-5)10-14(15)16/h6-7,10-12,15H,8-9H2,1-5H3,(H,19,21). The molecule has 23 heavy (non-hydrogen) atoms. The number of benzene rings is 1. The van der Waals surface area contributed by atoms with Crippen LogP contribution >= 0.6 is 0 Å². The van der Waals surface area contributed by atoms with E-state index in [4.69, 9.17) is 4.74 Å². The van der Waals surface area contributed by atoms with E-state index in [1.165, 1.54) is 0 Å². The zero-order valence-electron chi connectivity index (χ0n) is 14.6. The topological polar surface area (TPSA) is 58.6 Å². The Morgan fingerprint density at radius 1 is 1.22 bits per heavy atom. The van der Waals surface area contributed by atoms with E-state index in [0.29, 0.717) is 13.0 Å². The van der Waals surface area contributed by atoms with Gasteiger partial charge < -0.3 is 15.0 Å². The van der Waals surface area contributed by atoms with Crippen LogP contribution in [0.5, 0.6) is 5.75 Å². The number of methoxy groups -OCH3 is 1. The van der Waals surface area contributed by atoms with E-state index < -0.39 is 0 Å². The molecule has 5 nitrogen and oxygen atoms in total. The van der Waals surface area contributed by atoms with Crippen LogP contribution in [0.15, 0.2) is 18.2 Å². The summed E-state index contributed by atoms with van der Waals surface area (Å²) in [5.41, 5.74) is 1.81. The number of carbonyl (C=O) groups is 2. The van der Waals surface area contributed by atoms with E-state index in [2.05, 4.69) is 5.32 Å². The molecule has 0 aromatic heterocycles. The molecule has 1 aromatic carbocycles. The van der Waals surface area contributed by atoms with Gasteiger partial charge in [-0.3, -0.25) is 9.59 Å². The molecule has 0 spiro atoms. The Balaban J connectivity index is 2.38. The van der Waals surface area contributed by atoms with Crippen molar-refractivity contribution in [1.29, 1.82) is 0 Å². The Hall–Kier alpha value is -2.04. The summed E-state index contributed by atoms with van der Waals surface area (Å²) in [7, 11) is 1.61. The second-order valence-electron chi connectivity index (χ2n) is 6.57. The molecule has 2 rings (SSSR count). The third-order valence-electron chi connectivity index (χ3n) is 4.14. The number of carbonyl (C=O) groups excluding carboxylic acids is 2. The number of fused-ring (bicyclic) bond motifs is 1. The van der Waals surface area contributed by atoms with Crippen LogP contribution in [0, 0.1) is 11.8 Å². The molecule has 5 heteroatoms. The third-order valence-corrected chi connectivity index (χ3v) is 4.14. The fraction of sp³-hybridized carbons (Fsp3) is 0.556. The Labute approximate surface area is 138 Å². The van der Waals surface area contributed by atoms with Crippen LogP contribution in [0.1, 0.15) is 45.7 Å². The summed E-state index contributed by atoms with van der Waals surface area (Å²) in [6.07, 6.45) is 0.705. The lowest BCUT2D eigenvalue weighted by molar-refractivity contribution is -0.124. The summed E-state index contributed by atoms with van der Waals surface area (Å²) in [4.78, 5) is 26.4. The highest BCUT2D eigenvalue weighted by Gasteiger charge is 2.31. The molecule has 0 aliphatic carbocycles. The number of rotatable bonds is 4. The van der Waals surface area contributed by atoms with Gasteiger partial charge in [-0.1, -0.05) is 27.7 Å². The predicted molar refractivity (Wildman–Crippen MR) is 90.5 cm³/mol. The van der Waals surface area contributed by atoms with Crippen LogP contribution < -0.4 is 15.0 Å². The summed E-state index contributed by atoms with van der Waals surface area (Å²) in [6, 6.07) is 5.58. The lowest BCUT2D eigenvalue weighted by Crippen LogP contribution is -2.43. The first-order valence-electron chi connectivity index (χ1n) is 8.14. The summed E-state index contributed by atoms with van der Waals surface area (Å²) >= 11 is 0. The van der Waals surface area contributed by atoms with Gasteiger partial charge in [0.2, 0.25) is 11.8 Å². The summed E-state index contributed by atoms with van der Waals surface area (Å²) in [6.45, 7) is 8.16. The molecule has 0 radical (unpaired) electrons. The van der Waals surface area contributed by atoms with Crippen LogP contribution in [0.3, 0.4) is 0 Å². The largest absolute Gasteiger partial charge is 0.497 e. The second-order valence-corrected chi connectivity index (χ2v) is 6.57. The number of anilines is 1. The average Bonchev–Trinajstić information content (AvgIpc) is 2.53. The van der Waals surface area contributed by atoms with E-state index >= 15 is 0 Å². The van der Waals surface area contributed by atoms with E-state index in [1.807, 2.05) is 50.8 Å². The molecule has 0 bridgehead atoms. The molecule has 1 unspecified atom stereocenters. The van der Waals surface area contributed by atoms with Crippen LogP contribution in [-0.4, -0.2) is 25.5 Å². The molecular weight excluding hydrogens is 292 g/mol. The number of hydrogen-bond acceptors (Lipinski definition) is 3. The molecule has 1 N–H and O–H groups in total. The molecule has 1 aliphatic heterocycles. The predicted octanol–water partition coefficient (Wildman–Crippen LogP) is 2.90. The Kier molecular flexibility index (Phi) is 5.29. The van der Waals surface area contributed by atoms with Crippen LogP contribution in [0.4, 0.5) is 5.69 Å². The lowest BCUT2D eigenvalue weighted by atomic mass is 9.94. The van der Waals surface area contributed by atoms with E-state index in [-0.39, 0.29) is 29.7 Å². The van der Waals surface area contributed by atoms with Crippen molar-refractivity contribution in [1.82, 2.24) is 5.32 Å². The van der Waals surface area contributed by atoms with Gasteiger partial charge in [0.15, 0.2) is 0 Å². The molecule has 126 valence electrons. The fourth-order valence-corrected chi connectivity index (χ4v) is 2.75. The van der Waals surface area contributed by atoms with Gasteiger partial charge in [0, 0.05) is 29.6 Å². The van der Waals surface area contributed by atoms with E-state index in [1.54, 1.807) is 7.11 Å². The zero-order valence-corrected chi connectivity index (χ0v) is 14.6. The van der Waals surface area contributed by atoms with Crippen molar-refractivity contribution in [2.75, 3.05) is 18.6 Å². The number of nitrogens with one attached hydrogen (secondary N) is 1. The molecule has 1 atom stereocenters. The fourth-order valence-electron chi connectivity index (χ4n) is 2.75. The molecule has 1 aromatic rings. The maximum atomic E-state index is 12.5. The first-order chi connectivity index (χ1) is 10.8. The monoisotopic (exact) mass is 318 g/mol. The van der Waals surface area contributed by atoms with Crippen molar-refractivity contribution in [3.63, 3.8) is 0 Å². The Morgan fingerprint density at radius 3 is 2.48 bits per heavy atom. The molecule has 1 heterocycles. The van der Waals surface area contributed by atoms with Gasteiger partial charge in [-0.05, 0) is 24.6 Å². The molecular formula is C18H26N2O3. The average molecular weight is 318 g/mol. The van der Waals surface area contributed by atoms with Gasteiger partial charge in [0.25, 0.3) is 0 Å². The maximum absolute atomic E-state index is 12.5. The van der Waals surface area contributed by atoms with Crippen molar-refractivity contribution in [3.8, 4) is 5.75 Å². The minimum absolute atomic E-state index is 0.0207. The quantitative estimate of drug-likeness (QED) is 0.928. The summed E-state index contributed by atoms with van der Waals surface area (Å²) < 4.78 is 5.31. The first-order valence-corrected chi connectivity index (χ1v) is 8.14. The third kappa shape index (κ3) is 3.66. The molecule has 2 amide bonds. The van der Waals surface area contributed by atoms with Gasteiger partial charge in [0.1, 0.15) is 5.75 Å². The lowest BCUT2D eigenvalue weighted by Gasteiger charge is -2.36. The van der Waals surface area contributed by atoms with Crippen molar-refractivity contribution in [2.24, 2.45) is 11.8 Å². The highest BCUT2D eigenvalue weighted by atomic mass is 16.5. The number of nitrogens with zero attached hydrogens (tertiary/aromatic N) is 1. The van der Waals surface area contributed by atoms with Crippen LogP contribution in [0.2, 0.25) is 0 Å². The smallest absolute Gasteiger partial charge is 0.229 e. The van der Waals surface area contributed by atoms with Gasteiger partial charge in [-0.25, -0.2) is 0 Å². The number of ether oxygens (including phenoxy) is 1. The maximum Gasteiger partial charge on any atom is 0.229 e. The van der Waals surface area contributed by atoms with Crippen LogP contribution in [-0.2, 0) is 9.59 Å². The Morgan fingerprint density at radius 2 is 1.91 bits per heavy atom. The summed E-state index contributed by atoms with van der Waals surface area (Å²) in [5, 5.41) is 3.08. The van der Waals surface area contributed by atoms with Gasteiger partial charge in [0.05, 0.1) is 13.2 Å². The second kappa shape index (κ2) is 7.02. The van der Waals surface area contributed by atoms with Crippen molar-refractivity contribution in [2.45, 2.75) is 40.2 Å². The van der Waals surface area contributed by atoms with Crippen molar-refractivity contribution >= 4 is 17.5 Å². The number of hydrogen-bond donors (Lipinski definition) is 1. The molecule has 0 saturated carbocycles. The molecule has 0 saturated heterocycles. The Bertz CT molecular complexity index is 596. The summed E-state index contributed by atoms with van der Waals surface area (Å²) in [5.74, 6) is 0.718. The first kappa shape index (κ1) is 17.3. The van der Waals surface area contributed by atoms with Gasteiger partial charge in [-0.2, -0.15) is 0 Å². The van der Waals surface area contributed by atoms with Gasteiger partial charge >= 0.3 is 0 Å². The van der Waals surface area contributed by atoms with Crippen LogP contribution in [0.25, 0.3) is 0 Å². The highest BCUT2D eigenvalue weighted by Crippen LogP contribution is 2.37.